The van der Waals surface area contributed by atoms with Crippen LogP contribution in [0.5, 0.6) is 0 Å². The summed E-state index contributed by atoms with van der Waals surface area (Å²) in [7, 11) is 0. The smallest absolute Gasteiger partial charge is 0.211 e. The van der Waals surface area contributed by atoms with Crippen molar-refractivity contribution in [2.45, 2.75) is 39.0 Å². The summed E-state index contributed by atoms with van der Waals surface area (Å²) in [5.74, 6) is -1.33. The van der Waals surface area contributed by atoms with Crippen LogP contribution in [0.2, 0.25) is 0 Å². The molecular weight excluding hydrogens is 131 g/mol. The van der Waals surface area contributed by atoms with Gasteiger partial charge in [-0.2, -0.15) is 0 Å². The number of halogens is 1. The highest BCUT2D eigenvalue weighted by atomic mass is 19.2. The molecule has 1 unspecified atom stereocenters. The molecule has 0 aromatic carbocycles. The molecule has 10 heavy (non-hydrogen) atoms. The largest absolute Gasteiger partial charge is 0.346 e. The first-order valence-electron chi connectivity index (χ1n) is 3.98. The van der Waals surface area contributed by atoms with E-state index in [1.54, 1.807) is 0 Å². The van der Waals surface area contributed by atoms with Crippen molar-refractivity contribution in [2.75, 3.05) is 6.61 Å². The van der Waals surface area contributed by atoms with E-state index in [-0.39, 0.29) is 5.92 Å². The lowest BCUT2D eigenvalue weighted by Gasteiger charge is -2.32. The number of alkyl halides is 1. The van der Waals surface area contributed by atoms with Crippen LogP contribution in [0.4, 0.5) is 4.39 Å². The van der Waals surface area contributed by atoms with E-state index in [0.717, 1.165) is 12.8 Å². The molecule has 0 spiro atoms. The van der Waals surface area contributed by atoms with Crippen LogP contribution in [-0.2, 0) is 4.74 Å². The van der Waals surface area contributed by atoms with Crippen LogP contribution in [0.25, 0.3) is 0 Å². The minimum atomic E-state index is -1.32. The van der Waals surface area contributed by atoms with Gasteiger partial charge in [-0.25, -0.2) is 4.39 Å². The van der Waals surface area contributed by atoms with Gasteiger partial charge in [0.1, 0.15) is 0 Å². The molecule has 1 saturated heterocycles. The van der Waals surface area contributed by atoms with Gasteiger partial charge in [0, 0.05) is 12.3 Å². The van der Waals surface area contributed by atoms with E-state index in [2.05, 4.69) is 0 Å². The van der Waals surface area contributed by atoms with Crippen LogP contribution in [-0.4, -0.2) is 12.5 Å². The van der Waals surface area contributed by atoms with Crippen LogP contribution in [0, 0.1) is 5.92 Å². The van der Waals surface area contributed by atoms with Crippen molar-refractivity contribution in [2.24, 2.45) is 5.92 Å². The third-order valence-electron chi connectivity index (χ3n) is 2.12. The second kappa shape index (κ2) is 2.87. The molecule has 0 amide bonds. The van der Waals surface area contributed by atoms with E-state index >= 15 is 0 Å². The lowest BCUT2D eigenvalue weighted by Crippen LogP contribution is -2.36. The lowest BCUT2D eigenvalue weighted by atomic mass is 9.96. The fraction of sp³-hybridized carbons (Fsp3) is 1.00. The predicted octanol–water partition coefficient (Wildman–Crippen LogP) is 2.51. The number of ether oxygens (including phenoxy) is 1. The highest BCUT2D eigenvalue weighted by Crippen LogP contribution is 2.32. The summed E-state index contributed by atoms with van der Waals surface area (Å²) in [5, 5.41) is 0. The molecule has 1 aliphatic heterocycles. The Balaban J connectivity index is 2.48. The van der Waals surface area contributed by atoms with Crippen LogP contribution in [0.1, 0.15) is 33.1 Å². The summed E-state index contributed by atoms with van der Waals surface area (Å²) in [4.78, 5) is 0. The van der Waals surface area contributed by atoms with Crippen molar-refractivity contribution in [1.82, 2.24) is 0 Å². The maximum atomic E-state index is 13.5. The minimum Gasteiger partial charge on any atom is -0.346 e. The van der Waals surface area contributed by atoms with E-state index in [1.807, 2.05) is 13.8 Å². The van der Waals surface area contributed by atoms with Crippen LogP contribution >= 0.6 is 0 Å². The van der Waals surface area contributed by atoms with E-state index < -0.39 is 5.85 Å². The first kappa shape index (κ1) is 7.99. The van der Waals surface area contributed by atoms with E-state index in [4.69, 9.17) is 4.74 Å². The first-order valence-corrected chi connectivity index (χ1v) is 3.98. The second-order valence-corrected chi connectivity index (χ2v) is 3.25. The summed E-state index contributed by atoms with van der Waals surface area (Å²) in [5.41, 5.74) is 0. The third-order valence-corrected chi connectivity index (χ3v) is 2.12. The highest BCUT2D eigenvalue weighted by Gasteiger charge is 2.35. The van der Waals surface area contributed by atoms with Crippen molar-refractivity contribution in [3.63, 3.8) is 0 Å². The third kappa shape index (κ3) is 1.48. The van der Waals surface area contributed by atoms with E-state index in [1.165, 1.54) is 0 Å². The van der Waals surface area contributed by atoms with Crippen molar-refractivity contribution < 1.29 is 9.13 Å². The highest BCUT2D eigenvalue weighted by molar-refractivity contribution is 4.75. The SMILES string of the molecule is CC(C)C1(F)CCCCO1. The summed E-state index contributed by atoms with van der Waals surface area (Å²) in [6.45, 7) is 4.32. The average Bonchev–Trinajstić information content (AvgIpc) is 1.89. The Morgan fingerprint density at radius 1 is 1.40 bits per heavy atom. The molecule has 0 radical (unpaired) electrons. The number of hydrogen-bond acceptors (Lipinski definition) is 1. The first-order chi connectivity index (χ1) is 4.65. The normalized spacial score (nSPS) is 34.8. The molecule has 0 bridgehead atoms. The van der Waals surface area contributed by atoms with Gasteiger partial charge in [-0.05, 0) is 12.8 Å². The van der Waals surface area contributed by atoms with Gasteiger partial charge in [0.05, 0.1) is 6.61 Å². The molecule has 1 aliphatic rings. The van der Waals surface area contributed by atoms with Crippen LogP contribution in [0.15, 0.2) is 0 Å². The van der Waals surface area contributed by atoms with Gasteiger partial charge in [0.25, 0.3) is 0 Å². The van der Waals surface area contributed by atoms with E-state index in [0.29, 0.717) is 13.0 Å². The Morgan fingerprint density at radius 3 is 2.40 bits per heavy atom. The Kier molecular flexibility index (Phi) is 2.29. The summed E-state index contributed by atoms with van der Waals surface area (Å²) in [6.07, 6.45) is 2.55. The monoisotopic (exact) mass is 146 g/mol. The maximum absolute atomic E-state index is 13.5. The zero-order valence-electron chi connectivity index (χ0n) is 6.69. The van der Waals surface area contributed by atoms with Gasteiger partial charge in [0.15, 0.2) is 0 Å². The number of rotatable bonds is 1. The molecule has 60 valence electrons. The predicted molar refractivity (Wildman–Crippen MR) is 38.5 cm³/mol. The fourth-order valence-electron chi connectivity index (χ4n) is 1.24. The van der Waals surface area contributed by atoms with Crippen molar-refractivity contribution >= 4 is 0 Å². The van der Waals surface area contributed by atoms with Gasteiger partial charge < -0.3 is 4.74 Å². The summed E-state index contributed by atoms with van der Waals surface area (Å²) in [6, 6.07) is 0. The summed E-state index contributed by atoms with van der Waals surface area (Å²) < 4.78 is 18.5. The van der Waals surface area contributed by atoms with Gasteiger partial charge in [0.2, 0.25) is 5.85 Å². The Labute approximate surface area is 61.6 Å². The number of hydrogen-bond donors (Lipinski definition) is 0. The van der Waals surface area contributed by atoms with Gasteiger partial charge in [-0.15, -0.1) is 0 Å². The van der Waals surface area contributed by atoms with Crippen molar-refractivity contribution in [3.8, 4) is 0 Å². The zero-order valence-corrected chi connectivity index (χ0v) is 6.69. The Morgan fingerprint density at radius 2 is 2.10 bits per heavy atom. The van der Waals surface area contributed by atoms with Gasteiger partial charge >= 0.3 is 0 Å². The molecular formula is C8H15FO. The van der Waals surface area contributed by atoms with E-state index in [9.17, 15) is 4.39 Å². The standard InChI is InChI=1S/C8H15FO/c1-7(2)8(9)5-3-4-6-10-8/h7H,3-6H2,1-2H3. The molecule has 0 N–H and O–H groups in total. The minimum absolute atomic E-state index is 0.00667. The van der Waals surface area contributed by atoms with Crippen molar-refractivity contribution in [1.29, 1.82) is 0 Å². The summed E-state index contributed by atoms with van der Waals surface area (Å²) >= 11 is 0. The second-order valence-electron chi connectivity index (χ2n) is 3.25. The van der Waals surface area contributed by atoms with Gasteiger partial charge in [-0.3, -0.25) is 0 Å². The molecule has 1 nitrogen and oxygen atoms in total. The van der Waals surface area contributed by atoms with Gasteiger partial charge in [-0.1, -0.05) is 13.8 Å². The fourth-order valence-corrected chi connectivity index (χ4v) is 1.24. The average molecular weight is 146 g/mol. The quantitative estimate of drug-likeness (QED) is 0.552. The molecule has 1 heterocycles. The van der Waals surface area contributed by atoms with Crippen LogP contribution in [0.3, 0.4) is 0 Å². The molecule has 0 aliphatic carbocycles. The molecule has 2 heteroatoms. The Bertz CT molecular complexity index is 106. The zero-order chi connectivity index (χ0) is 7.61. The maximum Gasteiger partial charge on any atom is 0.211 e. The molecule has 1 fully saturated rings. The molecule has 1 atom stereocenters. The molecule has 0 aromatic heterocycles. The van der Waals surface area contributed by atoms with Crippen molar-refractivity contribution in [3.05, 3.63) is 0 Å². The molecule has 1 rings (SSSR count). The van der Waals surface area contributed by atoms with Crippen LogP contribution < -0.4 is 0 Å². The lowest BCUT2D eigenvalue weighted by molar-refractivity contribution is -0.197. The Hall–Kier alpha value is -0.110. The molecule has 0 aromatic rings. The molecule has 0 saturated carbocycles. The topological polar surface area (TPSA) is 9.23 Å².